The van der Waals surface area contributed by atoms with Crippen molar-refractivity contribution in [2.45, 2.75) is 44.6 Å². The third kappa shape index (κ3) is 4.81. The van der Waals surface area contributed by atoms with Gasteiger partial charge in [-0.1, -0.05) is 18.6 Å². The number of carbonyl (C=O) groups is 2. The van der Waals surface area contributed by atoms with Crippen molar-refractivity contribution in [2.24, 2.45) is 11.7 Å². The number of hydrogen-bond donors (Lipinski definition) is 1. The first-order valence-corrected chi connectivity index (χ1v) is 9.59. The van der Waals surface area contributed by atoms with E-state index >= 15 is 0 Å². The number of nitrogens with two attached hydrogens (primary N) is 1. The first-order valence-electron chi connectivity index (χ1n) is 9.59. The molecule has 0 spiro atoms. The zero-order chi connectivity index (χ0) is 18.5. The minimum atomic E-state index is -0.325. The Morgan fingerprint density at radius 3 is 2.62 bits per heavy atom. The quantitative estimate of drug-likeness (QED) is 0.895. The van der Waals surface area contributed by atoms with Crippen molar-refractivity contribution in [1.82, 2.24) is 9.80 Å². The maximum absolute atomic E-state index is 13.3. The van der Waals surface area contributed by atoms with E-state index in [2.05, 4.69) is 0 Å². The molecule has 2 N–H and O–H groups in total. The highest BCUT2D eigenvalue weighted by Crippen LogP contribution is 2.25. The number of amides is 2. The SMILES string of the molecule is NC1CCCC(C(=O)N2CCCN(C(=O)Cc3cccc(F)c3)CC2)C1. The van der Waals surface area contributed by atoms with Crippen molar-refractivity contribution in [1.29, 1.82) is 0 Å². The molecule has 0 aromatic heterocycles. The van der Waals surface area contributed by atoms with Crippen molar-refractivity contribution in [3.05, 3.63) is 35.6 Å². The molecule has 2 aliphatic rings. The summed E-state index contributed by atoms with van der Waals surface area (Å²) >= 11 is 0. The molecule has 2 fully saturated rings. The van der Waals surface area contributed by atoms with Crippen LogP contribution in [0.1, 0.15) is 37.7 Å². The van der Waals surface area contributed by atoms with E-state index in [1.165, 1.54) is 12.1 Å². The Hall–Kier alpha value is -1.95. The van der Waals surface area contributed by atoms with Gasteiger partial charge in [0, 0.05) is 38.1 Å². The molecule has 3 rings (SSSR count). The third-order valence-corrected chi connectivity index (χ3v) is 5.47. The Balaban J connectivity index is 1.54. The average Bonchev–Trinajstić information content (AvgIpc) is 2.87. The number of benzene rings is 1. The van der Waals surface area contributed by atoms with Crippen molar-refractivity contribution < 1.29 is 14.0 Å². The minimum Gasteiger partial charge on any atom is -0.341 e. The summed E-state index contributed by atoms with van der Waals surface area (Å²) < 4.78 is 13.3. The lowest BCUT2D eigenvalue weighted by Gasteiger charge is -2.30. The fraction of sp³-hybridized carbons (Fsp3) is 0.600. The van der Waals surface area contributed by atoms with E-state index in [1.54, 1.807) is 17.0 Å². The summed E-state index contributed by atoms with van der Waals surface area (Å²) in [6.45, 7) is 2.44. The Morgan fingerprint density at radius 2 is 1.85 bits per heavy atom. The Labute approximate surface area is 154 Å². The van der Waals surface area contributed by atoms with Gasteiger partial charge in [0.1, 0.15) is 5.82 Å². The number of nitrogens with zero attached hydrogens (tertiary/aromatic N) is 2. The van der Waals surface area contributed by atoms with E-state index in [0.717, 1.165) is 32.1 Å². The first-order chi connectivity index (χ1) is 12.5. The molecular formula is C20H28FN3O2. The summed E-state index contributed by atoms with van der Waals surface area (Å²) in [5.41, 5.74) is 6.70. The van der Waals surface area contributed by atoms with Crippen molar-refractivity contribution in [2.75, 3.05) is 26.2 Å². The fourth-order valence-electron chi connectivity index (χ4n) is 4.03. The molecule has 6 heteroatoms. The highest BCUT2D eigenvalue weighted by molar-refractivity contribution is 5.80. The van der Waals surface area contributed by atoms with Crippen LogP contribution in [0.3, 0.4) is 0 Å². The second kappa shape index (κ2) is 8.62. The van der Waals surface area contributed by atoms with Crippen molar-refractivity contribution >= 4 is 11.8 Å². The van der Waals surface area contributed by atoms with E-state index in [1.807, 2.05) is 4.90 Å². The van der Waals surface area contributed by atoms with Crippen LogP contribution < -0.4 is 5.73 Å². The van der Waals surface area contributed by atoms with Crippen LogP contribution in [0.2, 0.25) is 0 Å². The van der Waals surface area contributed by atoms with Gasteiger partial charge < -0.3 is 15.5 Å². The maximum Gasteiger partial charge on any atom is 0.227 e. The van der Waals surface area contributed by atoms with Crippen LogP contribution in [0.4, 0.5) is 4.39 Å². The number of halogens is 1. The second-order valence-corrected chi connectivity index (χ2v) is 7.49. The van der Waals surface area contributed by atoms with Crippen LogP contribution in [0.25, 0.3) is 0 Å². The molecule has 1 saturated heterocycles. The van der Waals surface area contributed by atoms with Gasteiger partial charge in [0.2, 0.25) is 11.8 Å². The zero-order valence-electron chi connectivity index (χ0n) is 15.2. The molecule has 1 aliphatic carbocycles. The molecule has 2 amide bonds. The van der Waals surface area contributed by atoms with Gasteiger partial charge in [-0.05, 0) is 43.4 Å². The van der Waals surface area contributed by atoms with Crippen molar-refractivity contribution in [3.8, 4) is 0 Å². The van der Waals surface area contributed by atoms with Gasteiger partial charge in [-0.3, -0.25) is 9.59 Å². The summed E-state index contributed by atoms with van der Waals surface area (Å²) in [7, 11) is 0. The molecule has 1 aliphatic heterocycles. The van der Waals surface area contributed by atoms with E-state index in [-0.39, 0.29) is 36.0 Å². The molecular weight excluding hydrogens is 333 g/mol. The summed E-state index contributed by atoms with van der Waals surface area (Å²) in [5, 5.41) is 0. The smallest absolute Gasteiger partial charge is 0.227 e. The topological polar surface area (TPSA) is 66.6 Å². The van der Waals surface area contributed by atoms with Gasteiger partial charge in [0.15, 0.2) is 0 Å². The molecule has 0 bridgehead atoms. The monoisotopic (exact) mass is 361 g/mol. The molecule has 26 heavy (non-hydrogen) atoms. The van der Waals surface area contributed by atoms with E-state index < -0.39 is 0 Å². The Bertz CT molecular complexity index is 652. The summed E-state index contributed by atoms with van der Waals surface area (Å²) in [5.74, 6) is -0.105. The van der Waals surface area contributed by atoms with Crippen LogP contribution in [0.15, 0.2) is 24.3 Å². The lowest BCUT2D eigenvalue weighted by molar-refractivity contribution is -0.137. The van der Waals surface area contributed by atoms with Crippen LogP contribution in [0, 0.1) is 11.7 Å². The average molecular weight is 361 g/mol. The van der Waals surface area contributed by atoms with Gasteiger partial charge in [0.25, 0.3) is 0 Å². The Kier molecular flexibility index (Phi) is 6.25. The van der Waals surface area contributed by atoms with Gasteiger partial charge >= 0.3 is 0 Å². The molecule has 5 nitrogen and oxygen atoms in total. The second-order valence-electron chi connectivity index (χ2n) is 7.49. The molecule has 2 atom stereocenters. The van der Waals surface area contributed by atoms with Gasteiger partial charge in [-0.25, -0.2) is 4.39 Å². The predicted octanol–water partition coefficient (Wildman–Crippen LogP) is 1.95. The molecule has 1 heterocycles. The van der Waals surface area contributed by atoms with Gasteiger partial charge in [-0.2, -0.15) is 0 Å². The lowest BCUT2D eigenvalue weighted by Crippen LogP contribution is -2.43. The summed E-state index contributed by atoms with van der Waals surface area (Å²) in [6, 6.07) is 6.30. The molecule has 1 aromatic rings. The van der Waals surface area contributed by atoms with Crippen LogP contribution in [-0.2, 0) is 16.0 Å². The highest BCUT2D eigenvalue weighted by Gasteiger charge is 2.30. The normalized spacial score (nSPS) is 24.2. The molecule has 0 radical (unpaired) electrons. The van der Waals surface area contributed by atoms with E-state index in [9.17, 15) is 14.0 Å². The van der Waals surface area contributed by atoms with Crippen LogP contribution >= 0.6 is 0 Å². The molecule has 1 aromatic carbocycles. The number of carbonyl (C=O) groups excluding carboxylic acids is 2. The molecule has 142 valence electrons. The summed E-state index contributed by atoms with van der Waals surface area (Å²) in [6.07, 6.45) is 4.70. The highest BCUT2D eigenvalue weighted by atomic mass is 19.1. The van der Waals surface area contributed by atoms with E-state index in [0.29, 0.717) is 31.7 Å². The predicted molar refractivity (Wildman–Crippen MR) is 97.8 cm³/mol. The maximum atomic E-state index is 13.3. The minimum absolute atomic E-state index is 0.00964. The molecule has 1 saturated carbocycles. The standard InChI is InChI=1S/C20H28FN3O2/c21-17-6-1-4-15(12-17)13-19(25)23-8-3-9-24(11-10-23)20(26)16-5-2-7-18(22)14-16/h1,4,6,12,16,18H,2-3,5,7-11,13-14,22H2. The fourth-order valence-corrected chi connectivity index (χ4v) is 4.03. The number of rotatable bonds is 3. The zero-order valence-corrected chi connectivity index (χ0v) is 15.2. The lowest BCUT2D eigenvalue weighted by atomic mass is 9.85. The van der Waals surface area contributed by atoms with Gasteiger partial charge in [0.05, 0.1) is 6.42 Å². The summed E-state index contributed by atoms with van der Waals surface area (Å²) in [4.78, 5) is 29.0. The molecule has 2 unspecified atom stereocenters. The first kappa shape index (κ1) is 18.8. The third-order valence-electron chi connectivity index (χ3n) is 5.47. The Morgan fingerprint density at radius 1 is 1.08 bits per heavy atom. The van der Waals surface area contributed by atoms with Crippen LogP contribution in [0.5, 0.6) is 0 Å². The van der Waals surface area contributed by atoms with Gasteiger partial charge in [-0.15, -0.1) is 0 Å². The van der Waals surface area contributed by atoms with Crippen LogP contribution in [-0.4, -0.2) is 53.8 Å². The van der Waals surface area contributed by atoms with E-state index in [4.69, 9.17) is 5.73 Å². The number of hydrogen-bond acceptors (Lipinski definition) is 3. The largest absolute Gasteiger partial charge is 0.341 e. The van der Waals surface area contributed by atoms with Crippen molar-refractivity contribution in [3.63, 3.8) is 0 Å².